The number of ether oxygens (including phenoxy) is 1. The standard InChI is InChI=1S/C12H8FNO2/c1-2-16-12(15)6-4-10-7-9(8-14)3-5-11(10)13/h3,5,7H,2H2,1H3. The fraction of sp³-hybridized carbons (Fsp3) is 0.167. The minimum Gasteiger partial charge on any atom is -0.456 e. The number of halogens is 1. The Kier molecular flexibility index (Phi) is 4.06. The molecule has 3 nitrogen and oxygen atoms in total. The van der Waals surface area contributed by atoms with Crippen molar-refractivity contribution < 1.29 is 13.9 Å². The molecule has 0 heterocycles. The molecule has 16 heavy (non-hydrogen) atoms. The Balaban J connectivity index is 2.96. The first-order valence-electron chi connectivity index (χ1n) is 4.55. The molecular weight excluding hydrogens is 209 g/mol. The number of esters is 1. The number of carbonyl (C=O) groups is 1. The Bertz CT molecular complexity index is 506. The fourth-order valence-corrected chi connectivity index (χ4v) is 0.976. The zero-order valence-electron chi connectivity index (χ0n) is 8.58. The summed E-state index contributed by atoms with van der Waals surface area (Å²) >= 11 is 0. The average molecular weight is 217 g/mol. The van der Waals surface area contributed by atoms with Crippen molar-refractivity contribution in [2.75, 3.05) is 6.61 Å². The Hall–Kier alpha value is -2.33. The minimum atomic E-state index is -0.718. The molecule has 0 bridgehead atoms. The lowest BCUT2D eigenvalue weighted by Gasteiger charge is -1.94. The minimum absolute atomic E-state index is 0.00658. The Labute approximate surface area is 92.5 Å². The molecule has 0 aliphatic heterocycles. The number of nitrogens with zero attached hydrogens (tertiary/aromatic N) is 1. The third-order valence-electron chi connectivity index (χ3n) is 1.67. The summed E-state index contributed by atoms with van der Waals surface area (Å²) in [6.07, 6.45) is 0. The highest BCUT2D eigenvalue weighted by molar-refractivity contribution is 5.89. The van der Waals surface area contributed by atoms with Crippen molar-refractivity contribution in [3.8, 4) is 17.9 Å². The molecule has 0 unspecified atom stereocenters. The van der Waals surface area contributed by atoms with Crippen LogP contribution in [0.25, 0.3) is 0 Å². The highest BCUT2D eigenvalue weighted by atomic mass is 19.1. The number of rotatable bonds is 1. The van der Waals surface area contributed by atoms with Crippen molar-refractivity contribution >= 4 is 5.97 Å². The van der Waals surface area contributed by atoms with E-state index in [2.05, 4.69) is 16.6 Å². The van der Waals surface area contributed by atoms with Gasteiger partial charge in [-0.3, -0.25) is 0 Å². The Morgan fingerprint density at radius 3 is 2.94 bits per heavy atom. The van der Waals surface area contributed by atoms with Gasteiger partial charge in [-0.15, -0.1) is 0 Å². The second-order valence-electron chi connectivity index (χ2n) is 2.78. The zero-order valence-corrected chi connectivity index (χ0v) is 8.58. The molecule has 0 radical (unpaired) electrons. The lowest BCUT2D eigenvalue weighted by atomic mass is 10.1. The van der Waals surface area contributed by atoms with Crippen LogP contribution in [0, 0.1) is 29.0 Å². The molecular formula is C12H8FNO2. The van der Waals surface area contributed by atoms with Crippen molar-refractivity contribution in [2.24, 2.45) is 0 Å². The summed E-state index contributed by atoms with van der Waals surface area (Å²) in [5.74, 6) is 3.16. The average Bonchev–Trinajstić information content (AvgIpc) is 2.28. The topological polar surface area (TPSA) is 50.1 Å². The van der Waals surface area contributed by atoms with Crippen molar-refractivity contribution in [3.63, 3.8) is 0 Å². The summed E-state index contributed by atoms with van der Waals surface area (Å²) in [5.41, 5.74) is 0.293. The Morgan fingerprint density at radius 1 is 1.56 bits per heavy atom. The van der Waals surface area contributed by atoms with E-state index in [-0.39, 0.29) is 17.7 Å². The highest BCUT2D eigenvalue weighted by Gasteiger charge is 2.01. The maximum Gasteiger partial charge on any atom is 0.384 e. The molecule has 0 saturated carbocycles. The van der Waals surface area contributed by atoms with Gasteiger partial charge in [-0.25, -0.2) is 9.18 Å². The molecule has 0 atom stereocenters. The number of carbonyl (C=O) groups excluding carboxylic acids is 1. The maximum atomic E-state index is 13.2. The first-order chi connectivity index (χ1) is 7.67. The Morgan fingerprint density at radius 2 is 2.31 bits per heavy atom. The first kappa shape index (κ1) is 11.7. The molecule has 1 aromatic carbocycles. The van der Waals surface area contributed by atoms with Gasteiger partial charge in [-0.2, -0.15) is 5.26 Å². The summed E-state index contributed by atoms with van der Waals surface area (Å²) in [6, 6.07) is 5.61. The van der Waals surface area contributed by atoms with Gasteiger partial charge in [0, 0.05) is 5.92 Å². The van der Waals surface area contributed by atoms with Crippen LogP contribution >= 0.6 is 0 Å². The van der Waals surface area contributed by atoms with Crippen LogP contribution in [0.1, 0.15) is 18.1 Å². The van der Waals surface area contributed by atoms with E-state index < -0.39 is 11.8 Å². The van der Waals surface area contributed by atoms with Gasteiger partial charge in [0.05, 0.1) is 23.8 Å². The molecule has 0 aliphatic rings. The lowest BCUT2D eigenvalue weighted by molar-refractivity contribution is -0.136. The second kappa shape index (κ2) is 5.53. The van der Waals surface area contributed by atoms with Crippen LogP contribution in [-0.4, -0.2) is 12.6 Å². The third kappa shape index (κ3) is 3.11. The van der Waals surface area contributed by atoms with Gasteiger partial charge in [-0.1, -0.05) is 5.92 Å². The van der Waals surface area contributed by atoms with Crippen molar-refractivity contribution in [1.29, 1.82) is 5.26 Å². The summed E-state index contributed by atoms with van der Waals surface area (Å²) in [4.78, 5) is 10.9. The molecule has 0 aliphatic carbocycles. The number of benzene rings is 1. The lowest BCUT2D eigenvalue weighted by Crippen LogP contribution is -1.99. The van der Waals surface area contributed by atoms with E-state index in [1.165, 1.54) is 12.1 Å². The van der Waals surface area contributed by atoms with Crippen LogP contribution in [0.5, 0.6) is 0 Å². The van der Waals surface area contributed by atoms with Gasteiger partial charge in [0.25, 0.3) is 0 Å². The number of nitriles is 1. The van der Waals surface area contributed by atoms with Crippen molar-refractivity contribution in [2.45, 2.75) is 6.92 Å². The molecule has 1 rings (SSSR count). The van der Waals surface area contributed by atoms with E-state index in [4.69, 9.17) is 5.26 Å². The molecule has 0 saturated heterocycles. The van der Waals surface area contributed by atoms with Crippen LogP contribution in [0.3, 0.4) is 0 Å². The fourth-order valence-electron chi connectivity index (χ4n) is 0.976. The molecule has 0 amide bonds. The normalized spacial score (nSPS) is 8.56. The summed E-state index contributed by atoms with van der Waals surface area (Å²) in [6.45, 7) is 1.87. The van der Waals surface area contributed by atoms with Crippen LogP contribution in [0.2, 0.25) is 0 Å². The third-order valence-corrected chi connectivity index (χ3v) is 1.67. The predicted molar refractivity (Wildman–Crippen MR) is 54.6 cm³/mol. The summed E-state index contributed by atoms with van der Waals surface area (Å²) in [7, 11) is 0. The summed E-state index contributed by atoms with van der Waals surface area (Å²) in [5, 5.41) is 8.60. The van der Waals surface area contributed by atoms with E-state index in [9.17, 15) is 9.18 Å². The molecule has 1 aromatic rings. The van der Waals surface area contributed by atoms with Gasteiger partial charge >= 0.3 is 5.97 Å². The van der Waals surface area contributed by atoms with Crippen molar-refractivity contribution in [1.82, 2.24) is 0 Å². The van der Waals surface area contributed by atoms with Crippen molar-refractivity contribution in [3.05, 3.63) is 35.1 Å². The van der Waals surface area contributed by atoms with Gasteiger partial charge in [0.2, 0.25) is 0 Å². The van der Waals surface area contributed by atoms with Crippen LogP contribution in [0.4, 0.5) is 4.39 Å². The van der Waals surface area contributed by atoms with E-state index >= 15 is 0 Å². The SMILES string of the molecule is CCOC(=O)C#Cc1cc(C#N)ccc1F. The van der Waals surface area contributed by atoms with E-state index in [0.29, 0.717) is 0 Å². The van der Waals surface area contributed by atoms with Crippen LogP contribution in [-0.2, 0) is 9.53 Å². The van der Waals surface area contributed by atoms with E-state index in [1.807, 2.05) is 6.07 Å². The number of hydrogen-bond donors (Lipinski definition) is 0. The molecule has 0 N–H and O–H groups in total. The quantitative estimate of drug-likeness (QED) is 0.530. The molecule has 0 spiro atoms. The molecule has 4 heteroatoms. The van der Waals surface area contributed by atoms with Crippen LogP contribution in [0.15, 0.2) is 18.2 Å². The van der Waals surface area contributed by atoms with Gasteiger partial charge in [0.15, 0.2) is 0 Å². The van der Waals surface area contributed by atoms with E-state index in [0.717, 1.165) is 6.07 Å². The molecule has 0 aromatic heterocycles. The van der Waals surface area contributed by atoms with E-state index in [1.54, 1.807) is 6.92 Å². The smallest absolute Gasteiger partial charge is 0.384 e. The largest absolute Gasteiger partial charge is 0.456 e. The first-order valence-corrected chi connectivity index (χ1v) is 4.55. The monoisotopic (exact) mass is 217 g/mol. The predicted octanol–water partition coefficient (Wildman–Crippen LogP) is 1.61. The zero-order chi connectivity index (χ0) is 12.0. The summed E-state index contributed by atoms with van der Waals surface area (Å²) < 4.78 is 17.7. The van der Waals surface area contributed by atoms with Gasteiger partial charge in [-0.05, 0) is 25.1 Å². The van der Waals surface area contributed by atoms with Crippen LogP contribution < -0.4 is 0 Å². The molecule has 0 fully saturated rings. The maximum absolute atomic E-state index is 13.2. The second-order valence-corrected chi connectivity index (χ2v) is 2.78. The van der Waals surface area contributed by atoms with Gasteiger partial charge < -0.3 is 4.74 Å². The molecule has 80 valence electrons. The van der Waals surface area contributed by atoms with Gasteiger partial charge in [0.1, 0.15) is 5.82 Å². The highest BCUT2D eigenvalue weighted by Crippen LogP contribution is 2.08. The number of hydrogen-bond acceptors (Lipinski definition) is 3.